The minimum absolute atomic E-state index is 0.0709. The molecule has 9 heteroatoms. The van der Waals surface area contributed by atoms with Crippen LogP contribution in [0.5, 0.6) is 0 Å². The molecular weight excluding hydrogens is 458 g/mol. The van der Waals surface area contributed by atoms with Gasteiger partial charge in [0.25, 0.3) is 0 Å². The maximum absolute atomic E-state index is 13.5. The summed E-state index contributed by atoms with van der Waals surface area (Å²) in [5.74, 6) is -0.490. The van der Waals surface area contributed by atoms with Gasteiger partial charge in [0, 0.05) is 30.0 Å². The number of thiazole rings is 1. The summed E-state index contributed by atoms with van der Waals surface area (Å²) < 4.78 is 27.5. The van der Waals surface area contributed by atoms with E-state index in [1.54, 1.807) is 4.90 Å². The molecule has 0 atom stereocenters. The second-order valence-corrected chi connectivity index (χ2v) is 10.8. The van der Waals surface area contributed by atoms with Gasteiger partial charge in [0.05, 0.1) is 16.3 Å². The predicted octanol–water partition coefficient (Wildman–Crippen LogP) is 4.42. The highest BCUT2D eigenvalue weighted by molar-refractivity contribution is 7.89. The lowest BCUT2D eigenvalue weighted by Crippen LogP contribution is -2.43. The van der Waals surface area contributed by atoms with Crippen molar-refractivity contribution >= 4 is 43.9 Å². The van der Waals surface area contributed by atoms with E-state index >= 15 is 0 Å². The number of nitrogens with zero attached hydrogens (tertiary/aromatic N) is 3. The van der Waals surface area contributed by atoms with E-state index in [-0.39, 0.29) is 35.6 Å². The Morgan fingerprint density at radius 1 is 1.03 bits per heavy atom. The summed E-state index contributed by atoms with van der Waals surface area (Å²) in [6, 6.07) is 15.4. The van der Waals surface area contributed by atoms with E-state index in [1.165, 1.54) is 46.8 Å². The monoisotopic (exact) mass is 483 g/mol. The molecule has 2 heterocycles. The molecule has 1 amide bonds. The van der Waals surface area contributed by atoms with Gasteiger partial charge in [-0.1, -0.05) is 30.3 Å². The van der Waals surface area contributed by atoms with E-state index in [0.29, 0.717) is 23.5 Å². The number of ketones is 1. The number of aromatic nitrogens is 1. The van der Waals surface area contributed by atoms with Gasteiger partial charge in [-0.05, 0) is 51.0 Å². The Morgan fingerprint density at radius 3 is 2.21 bits per heavy atom. The number of Topliss-reactive ketones (excluding diaryl/α,β-unsaturated/α-hetero) is 1. The van der Waals surface area contributed by atoms with Crippen molar-refractivity contribution in [3.8, 4) is 0 Å². The lowest BCUT2D eigenvalue weighted by Gasteiger charge is -2.33. The van der Waals surface area contributed by atoms with Crippen LogP contribution in [0.15, 0.2) is 64.9 Å². The minimum Gasteiger partial charge on any atom is -0.295 e. The summed E-state index contributed by atoms with van der Waals surface area (Å²) >= 11 is 1.41. The predicted molar refractivity (Wildman–Crippen MR) is 128 cm³/mol. The van der Waals surface area contributed by atoms with Crippen molar-refractivity contribution in [1.29, 1.82) is 0 Å². The van der Waals surface area contributed by atoms with Gasteiger partial charge in [-0.15, -0.1) is 11.3 Å². The Labute approximate surface area is 197 Å². The van der Waals surface area contributed by atoms with Gasteiger partial charge in [-0.3, -0.25) is 14.5 Å². The van der Waals surface area contributed by atoms with E-state index in [9.17, 15) is 18.0 Å². The summed E-state index contributed by atoms with van der Waals surface area (Å²) in [7, 11) is -3.69. The molecule has 0 aliphatic carbocycles. The van der Waals surface area contributed by atoms with Gasteiger partial charge in [0.1, 0.15) is 0 Å². The number of para-hydroxylation sites is 1. The minimum atomic E-state index is -3.69. The first-order valence-corrected chi connectivity index (χ1v) is 13.0. The molecule has 0 N–H and O–H groups in total. The number of anilines is 2. The van der Waals surface area contributed by atoms with Crippen LogP contribution in [0.1, 0.15) is 35.8 Å². The lowest BCUT2D eigenvalue weighted by atomic mass is 9.96. The normalized spacial score (nSPS) is 15.3. The summed E-state index contributed by atoms with van der Waals surface area (Å²) in [5.41, 5.74) is 2.06. The zero-order chi connectivity index (χ0) is 23.6. The van der Waals surface area contributed by atoms with Gasteiger partial charge >= 0.3 is 0 Å². The first-order chi connectivity index (χ1) is 15.8. The van der Waals surface area contributed by atoms with Crippen LogP contribution < -0.4 is 4.90 Å². The van der Waals surface area contributed by atoms with Crippen molar-refractivity contribution in [1.82, 2.24) is 9.29 Å². The zero-order valence-corrected chi connectivity index (χ0v) is 20.1. The molecule has 1 fully saturated rings. The molecular formula is C24H25N3O4S2. The summed E-state index contributed by atoms with van der Waals surface area (Å²) in [6.45, 7) is 3.84. The molecule has 1 aromatic heterocycles. The Morgan fingerprint density at radius 2 is 1.67 bits per heavy atom. The Hall–Kier alpha value is -2.88. The van der Waals surface area contributed by atoms with Gasteiger partial charge in [0.2, 0.25) is 15.9 Å². The number of carbonyl (C=O) groups is 2. The summed E-state index contributed by atoms with van der Waals surface area (Å²) in [6.07, 6.45) is 0.856. The molecule has 2 aromatic carbocycles. The third-order valence-electron chi connectivity index (χ3n) is 5.73. The maximum atomic E-state index is 13.5. The fraction of sp³-hybridized carbons (Fsp3) is 0.292. The quantitative estimate of drug-likeness (QED) is 0.485. The van der Waals surface area contributed by atoms with Crippen LogP contribution in [0, 0.1) is 12.8 Å². The molecule has 0 saturated carbocycles. The summed E-state index contributed by atoms with van der Waals surface area (Å²) in [4.78, 5) is 31.3. The number of sulfonamides is 1. The topological polar surface area (TPSA) is 87.7 Å². The molecule has 33 heavy (non-hydrogen) atoms. The second-order valence-electron chi connectivity index (χ2n) is 8.04. The molecule has 1 saturated heterocycles. The number of amides is 1. The molecule has 0 bridgehead atoms. The molecule has 1 aliphatic rings. The van der Waals surface area contributed by atoms with Crippen LogP contribution in [-0.4, -0.2) is 42.5 Å². The fourth-order valence-corrected chi connectivity index (χ4v) is 6.19. The molecule has 1 aliphatic heterocycles. The number of hydrogen-bond acceptors (Lipinski definition) is 6. The molecule has 172 valence electrons. The lowest BCUT2D eigenvalue weighted by molar-refractivity contribution is -0.122. The fourth-order valence-electron chi connectivity index (χ4n) is 3.89. The van der Waals surface area contributed by atoms with Crippen LogP contribution in [0.3, 0.4) is 0 Å². The van der Waals surface area contributed by atoms with E-state index < -0.39 is 10.0 Å². The first-order valence-electron chi connectivity index (χ1n) is 10.7. The Balaban J connectivity index is 1.50. The molecule has 4 rings (SSSR count). The van der Waals surface area contributed by atoms with Gasteiger partial charge in [-0.25, -0.2) is 13.4 Å². The standard InChI is InChI=1S/C24H25N3O4S2/c1-17-16-32-24(25-17)27(21-6-4-3-5-7-21)23(29)20-12-14-26(15-13-20)33(30,31)22-10-8-19(9-11-22)18(2)28/h3-11,16,20H,12-15H2,1-2H3. The zero-order valence-electron chi connectivity index (χ0n) is 18.5. The average Bonchev–Trinajstić information content (AvgIpc) is 3.25. The van der Waals surface area contributed by atoms with E-state index in [0.717, 1.165) is 11.4 Å². The molecule has 7 nitrogen and oxygen atoms in total. The van der Waals surface area contributed by atoms with Gasteiger partial charge < -0.3 is 0 Å². The molecule has 0 radical (unpaired) electrons. The Kier molecular flexibility index (Phi) is 6.73. The van der Waals surface area contributed by atoms with Gasteiger partial charge in [-0.2, -0.15) is 4.31 Å². The van der Waals surface area contributed by atoms with Gasteiger partial charge in [0.15, 0.2) is 10.9 Å². The van der Waals surface area contributed by atoms with Crippen molar-refractivity contribution in [3.63, 3.8) is 0 Å². The van der Waals surface area contributed by atoms with Crippen molar-refractivity contribution < 1.29 is 18.0 Å². The third kappa shape index (κ3) is 4.90. The highest BCUT2D eigenvalue weighted by Crippen LogP contribution is 2.33. The third-order valence-corrected chi connectivity index (χ3v) is 8.59. The van der Waals surface area contributed by atoms with Crippen molar-refractivity contribution in [3.05, 3.63) is 71.2 Å². The largest absolute Gasteiger partial charge is 0.295 e. The maximum Gasteiger partial charge on any atom is 0.243 e. The highest BCUT2D eigenvalue weighted by atomic mass is 32.2. The van der Waals surface area contributed by atoms with Crippen LogP contribution in [0.4, 0.5) is 10.8 Å². The first kappa shape index (κ1) is 23.3. The molecule has 0 unspecified atom stereocenters. The average molecular weight is 484 g/mol. The summed E-state index contributed by atoms with van der Waals surface area (Å²) in [5, 5.41) is 2.52. The number of piperidine rings is 1. The number of hydrogen-bond donors (Lipinski definition) is 0. The van der Waals surface area contributed by atoms with E-state index in [4.69, 9.17) is 0 Å². The number of aryl methyl sites for hydroxylation is 1. The van der Waals surface area contributed by atoms with E-state index in [2.05, 4.69) is 4.98 Å². The van der Waals surface area contributed by atoms with Crippen LogP contribution >= 0.6 is 11.3 Å². The molecule has 0 spiro atoms. The second kappa shape index (κ2) is 9.54. The smallest absolute Gasteiger partial charge is 0.243 e. The number of benzene rings is 2. The SMILES string of the molecule is CC(=O)c1ccc(S(=O)(=O)N2CCC(C(=O)N(c3ccccc3)c3nc(C)cs3)CC2)cc1. The van der Waals surface area contributed by atoms with Crippen molar-refractivity contribution in [2.24, 2.45) is 5.92 Å². The van der Waals surface area contributed by atoms with Crippen LogP contribution in [0.2, 0.25) is 0 Å². The molecule has 3 aromatic rings. The number of rotatable bonds is 6. The Bertz CT molecular complexity index is 1250. The highest BCUT2D eigenvalue weighted by Gasteiger charge is 2.35. The van der Waals surface area contributed by atoms with Crippen molar-refractivity contribution in [2.45, 2.75) is 31.6 Å². The van der Waals surface area contributed by atoms with E-state index in [1.807, 2.05) is 42.6 Å². The van der Waals surface area contributed by atoms with Crippen LogP contribution in [0.25, 0.3) is 0 Å². The number of carbonyl (C=O) groups excluding carboxylic acids is 2. The van der Waals surface area contributed by atoms with Crippen molar-refractivity contribution in [2.75, 3.05) is 18.0 Å². The van der Waals surface area contributed by atoms with Crippen LogP contribution in [-0.2, 0) is 14.8 Å².